The quantitative estimate of drug-likeness (QED) is 0.693. The topological polar surface area (TPSA) is 45.4 Å². The van der Waals surface area contributed by atoms with E-state index in [0.717, 1.165) is 31.0 Å². The van der Waals surface area contributed by atoms with Gasteiger partial charge in [0.25, 0.3) is 0 Å². The molecule has 0 saturated carbocycles. The number of thioether (sulfide) groups is 1. The minimum absolute atomic E-state index is 0. The van der Waals surface area contributed by atoms with Crippen LogP contribution in [0.2, 0.25) is 0 Å². The molecule has 2 N–H and O–H groups in total. The maximum Gasteiger partial charge on any atom is 0.0947 e. The van der Waals surface area contributed by atoms with Crippen molar-refractivity contribution in [3.8, 4) is 0 Å². The fourth-order valence-electron chi connectivity index (χ4n) is 1.04. The van der Waals surface area contributed by atoms with E-state index in [-0.39, 0.29) is 12.4 Å². The summed E-state index contributed by atoms with van der Waals surface area (Å²) in [6.45, 7) is 2.17. The van der Waals surface area contributed by atoms with Gasteiger partial charge in [-0.05, 0) is 18.2 Å². The molecule has 0 spiro atoms. The summed E-state index contributed by atoms with van der Waals surface area (Å²) in [5, 5.41) is 11.9. The first-order chi connectivity index (χ1) is 6.93. The molecule has 1 aromatic rings. The molecule has 0 bridgehead atoms. The molecular formula is C10H18ClNO2S. The Bertz CT molecular complexity index is 219. The maximum atomic E-state index is 8.55. The summed E-state index contributed by atoms with van der Waals surface area (Å²) in [6, 6.07) is 1.96. The molecule has 0 aliphatic heterocycles. The molecule has 1 aromatic heterocycles. The van der Waals surface area contributed by atoms with Crippen LogP contribution in [0.25, 0.3) is 0 Å². The van der Waals surface area contributed by atoms with E-state index in [2.05, 4.69) is 5.32 Å². The van der Waals surface area contributed by atoms with Gasteiger partial charge in [0.15, 0.2) is 0 Å². The lowest BCUT2D eigenvalue weighted by atomic mass is 10.3. The zero-order valence-electron chi connectivity index (χ0n) is 8.65. The molecule has 5 heteroatoms. The standard InChI is InChI=1S/C10H17NO2S.ClH/c12-4-1-6-14-7-3-11-8-10-2-5-13-9-10;/h2,5,9,11-12H,1,3-4,6-8H2;1H. The lowest BCUT2D eigenvalue weighted by Gasteiger charge is -2.02. The first-order valence-corrected chi connectivity index (χ1v) is 5.99. The Morgan fingerprint density at radius 1 is 1.40 bits per heavy atom. The number of aliphatic hydroxyl groups is 1. The van der Waals surface area contributed by atoms with Crippen molar-refractivity contribution >= 4 is 24.2 Å². The second kappa shape index (κ2) is 10.4. The third-order valence-corrected chi connectivity index (χ3v) is 2.85. The van der Waals surface area contributed by atoms with Crippen molar-refractivity contribution in [3.63, 3.8) is 0 Å². The van der Waals surface area contributed by atoms with Crippen LogP contribution in [-0.4, -0.2) is 29.8 Å². The van der Waals surface area contributed by atoms with E-state index in [1.807, 2.05) is 17.8 Å². The molecule has 0 aliphatic rings. The molecule has 0 unspecified atom stereocenters. The molecule has 15 heavy (non-hydrogen) atoms. The molecule has 1 rings (SSSR count). The highest BCUT2D eigenvalue weighted by atomic mass is 35.5. The Kier molecular flexibility index (Phi) is 10.3. The van der Waals surface area contributed by atoms with Crippen LogP contribution in [-0.2, 0) is 6.54 Å². The van der Waals surface area contributed by atoms with Crippen LogP contribution in [0.1, 0.15) is 12.0 Å². The Labute approximate surface area is 101 Å². The minimum Gasteiger partial charge on any atom is -0.472 e. The number of hydrogen-bond donors (Lipinski definition) is 2. The van der Waals surface area contributed by atoms with Crippen LogP contribution in [0.15, 0.2) is 23.0 Å². The van der Waals surface area contributed by atoms with Crippen molar-refractivity contribution in [1.82, 2.24) is 5.32 Å². The van der Waals surface area contributed by atoms with E-state index in [0.29, 0.717) is 6.61 Å². The second-order valence-electron chi connectivity index (χ2n) is 3.00. The minimum atomic E-state index is 0. The van der Waals surface area contributed by atoms with Gasteiger partial charge in [0, 0.05) is 31.0 Å². The molecule has 0 atom stereocenters. The average Bonchev–Trinajstić information content (AvgIpc) is 2.69. The van der Waals surface area contributed by atoms with Crippen molar-refractivity contribution in [2.45, 2.75) is 13.0 Å². The average molecular weight is 252 g/mol. The number of halogens is 1. The Balaban J connectivity index is 0.00000196. The van der Waals surface area contributed by atoms with Crippen molar-refractivity contribution < 1.29 is 9.52 Å². The highest BCUT2D eigenvalue weighted by Gasteiger charge is 1.93. The molecule has 88 valence electrons. The van der Waals surface area contributed by atoms with Gasteiger partial charge < -0.3 is 14.8 Å². The predicted molar refractivity (Wildman–Crippen MR) is 66.7 cm³/mol. The highest BCUT2D eigenvalue weighted by molar-refractivity contribution is 7.99. The molecule has 0 fully saturated rings. The molecular weight excluding hydrogens is 234 g/mol. The highest BCUT2D eigenvalue weighted by Crippen LogP contribution is 2.01. The summed E-state index contributed by atoms with van der Waals surface area (Å²) in [7, 11) is 0. The van der Waals surface area contributed by atoms with E-state index in [1.165, 1.54) is 5.56 Å². The van der Waals surface area contributed by atoms with Gasteiger partial charge in [-0.3, -0.25) is 0 Å². The van der Waals surface area contributed by atoms with Gasteiger partial charge in [-0.15, -0.1) is 12.4 Å². The van der Waals surface area contributed by atoms with Crippen LogP contribution >= 0.6 is 24.2 Å². The number of nitrogens with one attached hydrogen (secondary N) is 1. The van der Waals surface area contributed by atoms with Gasteiger partial charge in [-0.25, -0.2) is 0 Å². The van der Waals surface area contributed by atoms with Gasteiger partial charge in [-0.1, -0.05) is 0 Å². The second-order valence-corrected chi connectivity index (χ2v) is 4.22. The van der Waals surface area contributed by atoms with E-state index in [4.69, 9.17) is 9.52 Å². The van der Waals surface area contributed by atoms with Crippen molar-refractivity contribution in [2.75, 3.05) is 24.7 Å². The van der Waals surface area contributed by atoms with Crippen molar-refractivity contribution in [2.24, 2.45) is 0 Å². The SMILES string of the molecule is Cl.OCCCSCCNCc1ccoc1. The number of aliphatic hydroxyl groups excluding tert-OH is 1. The smallest absolute Gasteiger partial charge is 0.0947 e. The fraction of sp³-hybridized carbons (Fsp3) is 0.600. The molecule has 0 amide bonds. The van der Waals surface area contributed by atoms with E-state index in [1.54, 1.807) is 12.5 Å². The largest absolute Gasteiger partial charge is 0.472 e. The summed E-state index contributed by atoms with van der Waals surface area (Å²) < 4.78 is 4.95. The summed E-state index contributed by atoms with van der Waals surface area (Å²) in [6.07, 6.45) is 4.34. The molecule has 1 heterocycles. The normalized spacial score (nSPS) is 9.93. The van der Waals surface area contributed by atoms with E-state index >= 15 is 0 Å². The first kappa shape index (κ1) is 14.8. The van der Waals surface area contributed by atoms with Crippen molar-refractivity contribution in [3.05, 3.63) is 24.2 Å². The molecule has 0 aromatic carbocycles. The Morgan fingerprint density at radius 3 is 2.93 bits per heavy atom. The molecule has 3 nitrogen and oxygen atoms in total. The summed E-state index contributed by atoms with van der Waals surface area (Å²) in [5.41, 5.74) is 1.19. The zero-order chi connectivity index (χ0) is 10.1. The fourth-order valence-corrected chi connectivity index (χ4v) is 1.86. The third-order valence-electron chi connectivity index (χ3n) is 1.78. The van der Waals surface area contributed by atoms with E-state index < -0.39 is 0 Å². The number of hydrogen-bond acceptors (Lipinski definition) is 4. The lowest BCUT2D eigenvalue weighted by Crippen LogP contribution is -2.16. The lowest BCUT2D eigenvalue weighted by molar-refractivity contribution is 0.296. The van der Waals surface area contributed by atoms with Crippen LogP contribution < -0.4 is 5.32 Å². The molecule has 0 saturated heterocycles. The monoisotopic (exact) mass is 251 g/mol. The Hall–Kier alpha value is -0.160. The van der Waals surface area contributed by atoms with Crippen LogP contribution in [0.5, 0.6) is 0 Å². The number of rotatable bonds is 8. The van der Waals surface area contributed by atoms with Gasteiger partial charge >= 0.3 is 0 Å². The summed E-state index contributed by atoms with van der Waals surface area (Å²) >= 11 is 1.87. The number of furan rings is 1. The van der Waals surface area contributed by atoms with Crippen molar-refractivity contribution in [1.29, 1.82) is 0 Å². The van der Waals surface area contributed by atoms with E-state index in [9.17, 15) is 0 Å². The first-order valence-electron chi connectivity index (χ1n) is 4.84. The maximum absolute atomic E-state index is 8.55. The van der Waals surface area contributed by atoms with Gasteiger partial charge in [0.05, 0.1) is 12.5 Å². The zero-order valence-corrected chi connectivity index (χ0v) is 10.3. The van der Waals surface area contributed by atoms with Gasteiger partial charge in [0.2, 0.25) is 0 Å². The Morgan fingerprint density at radius 2 is 2.27 bits per heavy atom. The van der Waals surface area contributed by atoms with Gasteiger partial charge in [-0.2, -0.15) is 11.8 Å². The summed E-state index contributed by atoms with van der Waals surface area (Å²) in [4.78, 5) is 0. The predicted octanol–water partition coefficient (Wildman–Crippen LogP) is 1.91. The van der Waals surface area contributed by atoms with Crippen LogP contribution in [0, 0.1) is 0 Å². The van der Waals surface area contributed by atoms with Crippen LogP contribution in [0.4, 0.5) is 0 Å². The third kappa shape index (κ3) is 7.73. The van der Waals surface area contributed by atoms with Crippen LogP contribution in [0.3, 0.4) is 0 Å². The summed E-state index contributed by atoms with van der Waals surface area (Å²) in [5.74, 6) is 2.14. The molecule has 0 radical (unpaired) electrons. The molecule has 0 aliphatic carbocycles. The van der Waals surface area contributed by atoms with Gasteiger partial charge in [0.1, 0.15) is 0 Å².